The molecule has 0 fully saturated rings. The van der Waals surface area contributed by atoms with Crippen LogP contribution in [-0.2, 0) is 15.3 Å². The highest BCUT2D eigenvalue weighted by Gasteiger charge is 2.19. The van der Waals surface area contributed by atoms with Crippen molar-refractivity contribution in [3.8, 4) is 0 Å². The summed E-state index contributed by atoms with van der Waals surface area (Å²) in [5.74, 6) is 0.796. The predicted molar refractivity (Wildman–Crippen MR) is 82.5 cm³/mol. The van der Waals surface area contributed by atoms with Crippen LogP contribution in [0.4, 0.5) is 0 Å². The first-order valence-corrected chi connectivity index (χ1v) is 7.97. The van der Waals surface area contributed by atoms with Crippen LogP contribution in [0.15, 0.2) is 18.2 Å². The Labute approximate surface area is 120 Å². The Balaban J connectivity index is 2.62. The number of thioether (sulfide) groups is 1. The summed E-state index contributed by atoms with van der Waals surface area (Å²) in [6, 6.07) is 6.55. The molecule has 0 saturated carbocycles. The van der Waals surface area contributed by atoms with E-state index in [0.717, 1.165) is 18.6 Å². The molecule has 1 unspecified atom stereocenters. The lowest BCUT2D eigenvalue weighted by molar-refractivity contribution is -0.142. The van der Waals surface area contributed by atoms with E-state index in [1.54, 1.807) is 11.8 Å². The van der Waals surface area contributed by atoms with Crippen molar-refractivity contribution in [2.75, 3.05) is 6.61 Å². The number of esters is 1. The molecular weight excluding hydrogens is 256 g/mol. The van der Waals surface area contributed by atoms with Gasteiger partial charge in [-0.1, -0.05) is 42.7 Å². The first-order chi connectivity index (χ1) is 9.06. The second-order valence-corrected chi connectivity index (χ2v) is 6.03. The van der Waals surface area contributed by atoms with Crippen LogP contribution < -0.4 is 0 Å². The summed E-state index contributed by atoms with van der Waals surface area (Å²) in [5.41, 5.74) is 3.84. The molecule has 0 aromatic heterocycles. The van der Waals surface area contributed by atoms with Gasteiger partial charge in [-0.3, -0.25) is 4.79 Å². The minimum atomic E-state index is -0.0706. The van der Waals surface area contributed by atoms with Crippen molar-refractivity contribution in [1.82, 2.24) is 0 Å². The fraction of sp³-hybridized carbons (Fsp3) is 0.562. The number of ether oxygens (including phenoxy) is 1. The van der Waals surface area contributed by atoms with Crippen molar-refractivity contribution >= 4 is 17.7 Å². The van der Waals surface area contributed by atoms with Crippen molar-refractivity contribution < 1.29 is 9.53 Å². The standard InChI is InChI=1S/C16H24O2S/c1-5-7-15(16(17)18-6-2)19-11-14-9-12(3)8-13(4)10-14/h8-10,15H,5-7,11H2,1-4H3. The molecule has 0 aliphatic heterocycles. The Bertz CT molecular complexity index is 395. The van der Waals surface area contributed by atoms with Crippen LogP contribution in [0.5, 0.6) is 0 Å². The molecule has 1 rings (SSSR count). The van der Waals surface area contributed by atoms with Crippen LogP contribution in [0, 0.1) is 13.8 Å². The van der Waals surface area contributed by atoms with E-state index in [4.69, 9.17) is 4.74 Å². The molecule has 0 radical (unpaired) electrons. The second kappa shape index (κ2) is 8.26. The second-order valence-electron chi connectivity index (χ2n) is 4.84. The van der Waals surface area contributed by atoms with Gasteiger partial charge >= 0.3 is 5.97 Å². The zero-order valence-electron chi connectivity index (χ0n) is 12.4. The number of carbonyl (C=O) groups is 1. The summed E-state index contributed by atoms with van der Waals surface area (Å²) in [5, 5.41) is -0.0363. The Morgan fingerprint density at radius 1 is 1.21 bits per heavy atom. The Kier molecular flexibility index (Phi) is 7.00. The number of benzene rings is 1. The van der Waals surface area contributed by atoms with Crippen LogP contribution >= 0.6 is 11.8 Å². The molecule has 0 spiro atoms. The lowest BCUT2D eigenvalue weighted by atomic mass is 10.1. The normalized spacial score (nSPS) is 12.2. The van der Waals surface area contributed by atoms with Gasteiger partial charge in [-0.15, -0.1) is 11.8 Å². The quantitative estimate of drug-likeness (QED) is 0.698. The van der Waals surface area contributed by atoms with Gasteiger partial charge in [0.15, 0.2) is 0 Å². The van der Waals surface area contributed by atoms with E-state index in [0.29, 0.717) is 6.61 Å². The predicted octanol–water partition coefficient (Wildman–Crippen LogP) is 4.27. The maximum Gasteiger partial charge on any atom is 0.319 e. The molecule has 2 nitrogen and oxygen atoms in total. The van der Waals surface area contributed by atoms with E-state index in [1.165, 1.54) is 16.7 Å². The van der Waals surface area contributed by atoms with Gasteiger partial charge in [-0.25, -0.2) is 0 Å². The summed E-state index contributed by atoms with van der Waals surface area (Å²) >= 11 is 1.69. The summed E-state index contributed by atoms with van der Waals surface area (Å²) < 4.78 is 5.13. The summed E-state index contributed by atoms with van der Waals surface area (Å²) in [6.07, 6.45) is 1.89. The largest absolute Gasteiger partial charge is 0.465 e. The van der Waals surface area contributed by atoms with E-state index in [9.17, 15) is 4.79 Å². The summed E-state index contributed by atoms with van der Waals surface area (Å²) in [6.45, 7) is 8.63. The average Bonchev–Trinajstić information content (AvgIpc) is 2.33. The molecule has 1 atom stereocenters. The first kappa shape index (κ1) is 16.1. The zero-order chi connectivity index (χ0) is 14.3. The van der Waals surface area contributed by atoms with E-state index in [1.807, 2.05) is 6.92 Å². The molecule has 0 heterocycles. The Hall–Kier alpha value is -0.960. The lowest BCUT2D eigenvalue weighted by Gasteiger charge is -2.14. The van der Waals surface area contributed by atoms with Gasteiger partial charge in [0, 0.05) is 5.75 Å². The van der Waals surface area contributed by atoms with Crippen molar-refractivity contribution in [2.24, 2.45) is 0 Å². The lowest BCUT2D eigenvalue weighted by Crippen LogP contribution is -2.20. The Morgan fingerprint density at radius 2 is 1.84 bits per heavy atom. The zero-order valence-corrected chi connectivity index (χ0v) is 13.2. The molecule has 1 aromatic carbocycles. The van der Waals surface area contributed by atoms with E-state index in [-0.39, 0.29) is 11.2 Å². The topological polar surface area (TPSA) is 26.3 Å². The highest BCUT2D eigenvalue weighted by molar-refractivity contribution is 7.99. The Morgan fingerprint density at radius 3 is 2.37 bits per heavy atom. The van der Waals surface area contributed by atoms with Gasteiger partial charge in [0.1, 0.15) is 5.25 Å². The SMILES string of the molecule is CCCC(SCc1cc(C)cc(C)c1)C(=O)OCC. The number of hydrogen-bond acceptors (Lipinski definition) is 3. The van der Waals surface area contributed by atoms with Crippen molar-refractivity contribution in [1.29, 1.82) is 0 Å². The molecule has 0 aliphatic carbocycles. The number of aryl methyl sites for hydroxylation is 2. The van der Waals surface area contributed by atoms with Crippen molar-refractivity contribution in [2.45, 2.75) is 51.5 Å². The maximum absolute atomic E-state index is 11.8. The molecule has 0 bridgehead atoms. The van der Waals surface area contributed by atoms with Gasteiger partial charge in [-0.2, -0.15) is 0 Å². The summed E-state index contributed by atoms with van der Waals surface area (Å²) in [7, 11) is 0. The van der Waals surface area contributed by atoms with E-state index >= 15 is 0 Å². The minimum Gasteiger partial charge on any atom is -0.465 e. The van der Waals surface area contributed by atoms with Crippen LogP contribution in [0.3, 0.4) is 0 Å². The summed E-state index contributed by atoms with van der Waals surface area (Å²) in [4.78, 5) is 11.8. The number of carbonyl (C=O) groups excluding carboxylic acids is 1. The third-order valence-electron chi connectivity index (χ3n) is 2.83. The highest BCUT2D eigenvalue weighted by atomic mass is 32.2. The van der Waals surface area contributed by atoms with Crippen LogP contribution in [-0.4, -0.2) is 17.8 Å². The van der Waals surface area contributed by atoms with Gasteiger partial charge in [0.05, 0.1) is 6.61 Å². The third kappa shape index (κ3) is 5.68. The fourth-order valence-corrected chi connectivity index (χ4v) is 3.28. The molecule has 1 aromatic rings. The monoisotopic (exact) mass is 280 g/mol. The third-order valence-corrected chi connectivity index (χ3v) is 4.16. The average molecular weight is 280 g/mol. The van der Waals surface area contributed by atoms with Crippen molar-refractivity contribution in [3.63, 3.8) is 0 Å². The molecule has 106 valence electrons. The molecule has 0 amide bonds. The molecule has 0 aliphatic rings. The van der Waals surface area contributed by atoms with Gasteiger partial charge in [-0.05, 0) is 32.8 Å². The number of rotatable bonds is 7. The number of hydrogen-bond donors (Lipinski definition) is 0. The molecule has 3 heteroatoms. The van der Waals surface area contributed by atoms with Crippen LogP contribution in [0.1, 0.15) is 43.4 Å². The van der Waals surface area contributed by atoms with Crippen LogP contribution in [0.25, 0.3) is 0 Å². The van der Waals surface area contributed by atoms with Gasteiger partial charge < -0.3 is 4.74 Å². The van der Waals surface area contributed by atoms with E-state index in [2.05, 4.69) is 39.0 Å². The van der Waals surface area contributed by atoms with E-state index < -0.39 is 0 Å². The molecular formula is C16H24O2S. The van der Waals surface area contributed by atoms with Gasteiger partial charge in [0.2, 0.25) is 0 Å². The molecule has 19 heavy (non-hydrogen) atoms. The fourth-order valence-electron chi connectivity index (χ4n) is 2.12. The smallest absolute Gasteiger partial charge is 0.319 e. The first-order valence-electron chi connectivity index (χ1n) is 6.92. The van der Waals surface area contributed by atoms with Crippen LogP contribution in [0.2, 0.25) is 0 Å². The molecule has 0 N–H and O–H groups in total. The maximum atomic E-state index is 11.8. The van der Waals surface area contributed by atoms with Crippen molar-refractivity contribution in [3.05, 3.63) is 34.9 Å². The van der Waals surface area contributed by atoms with Gasteiger partial charge in [0.25, 0.3) is 0 Å². The minimum absolute atomic E-state index is 0.0363. The highest BCUT2D eigenvalue weighted by Crippen LogP contribution is 2.24. The molecule has 0 saturated heterocycles.